The van der Waals surface area contributed by atoms with Gasteiger partial charge in [-0.1, -0.05) is 24.6 Å². The average Bonchev–Trinajstić information content (AvgIpc) is 3.20. The van der Waals surface area contributed by atoms with Crippen LogP contribution in [0.15, 0.2) is 48.5 Å². The molecule has 1 N–H and O–H groups in total. The van der Waals surface area contributed by atoms with Crippen LogP contribution in [0.3, 0.4) is 0 Å². The smallest absolute Gasteiger partial charge is 0.265 e. The predicted octanol–water partition coefficient (Wildman–Crippen LogP) is 4.35. The lowest BCUT2D eigenvalue weighted by Gasteiger charge is -2.17. The van der Waals surface area contributed by atoms with Crippen molar-refractivity contribution in [2.45, 2.75) is 45.3 Å². The van der Waals surface area contributed by atoms with Gasteiger partial charge in [-0.3, -0.25) is 4.79 Å². The second kappa shape index (κ2) is 9.42. The van der Waals surface area contributed by atoms with E-state index in [1.54, 1.807) is 0 Å². The number of nitrogens with one attached hydrogen (secondary N) is 1. The Morgan fingerprint density at radius 3 is 2.48 bits per heavy atom. The summed E-state index contributed by atoms with van der Waals surface area (Å²) in [5, 5.41) is 2.90. The molecule has 0 unspecified atom stereocenters. The van der Waals surface area contributed by atoms with Gasteiger partial charge < -0.3 is 19.5 Å². The number of hydrogen-bond acceptors (Lipinski definition) is 4. The molecular weight excluding hydrogens is 342 g/mol. The number of anilines is 1. The van der Waals surface area contributed by atoms with Crippen LogP contribution >= 0.6 is 0 Å². The van der Waals surface area contributed by atoms with Crippen LogP contribution in [0.2, 0.25) is 0 Å². The third-order valence-corrected chi connectivity index (χ3v) is 4.54. The minimum absolute atomic E-state index is 0.161. The summed E-state index contributed by atoms with van der Waals surface area (Å²) in [6.45, 7) is 5.33. The second-order valence-corrected chi connectivity index (χ2v) is 6.79. The van der Waals surface area contributed by atoms with Crippen LogP contribution in [-0.4, -0.2) is 31.3 Å². The molecule has 1 aliphatic heterocycles. The summed E-state index contributed by atoms with van der Waals surface area (Å²) >= 11 is 0. The standard InChI is InChI=1S/C22H27NO4/c1-3-21(27-19-10-6-16(2)7-11-19)22(24)23-17-8-12-18(13-9-17)26-15-20-5-4-14-25-20/h6-13,20-21H,3-5,14-15H2,1-2H3,(H,23,24)/t20-,21-/m0/s1. The maximum absolute atomic E-state index is 12.5. The molecule has 27 heavy (non-hydrogen) atoms. The van der Waals surface area contributed by atoms with Crippen LogP contribution in [0, 0.1) is 6.92 Å². The van der Waals surface area contributed by atoms with Gasteiger partial charge in [-0.25, -0.2) is 0 Å². The monoisotopic (exact) mass is 369 g/mol. The Hall–Kier alpha value is -2.53. The minimum atomic E-state index is -0.539. The highest BCUT2D eigenvalue weighted by Crippen LogP contribution is 2.20. The Labute approximate surface area is 160 Å². The van der Waals surface area contributed by atoms with Gasteiger partial charge in [0.2, 0.25) is 0 Å². The van der Waals surface area contributed by atoms with Crippen LogP contribution in [0.5, 0.6) is 11.5 Å². The number of carbonyl (C=O) groups is 1. The van der Waals surface area contributed by atoms with Crippen LogP contribution in [0.25, 0.3) is 0 Å². The summed E-state index contributed by atoms with van der Waals surface area (Å²) < 4.78 is 17.1. The van der Waals surface area contributed by atoms with Gasteiger partial charge in [-0.05, 0) is 62.6 Å². The van der Waals surface area contributed by atoms with Crippen LogP contribution in [0.4, 0.5) is 5.69 Å². The molecule has 0 aliphatic carbocycles. The van der Waals surface area contributed by atoms with Crippen molar-refractivity contribution >= 4 is 11.6 Å². The van der Waals surface area contributed by atoms with E-state index in [9.17, 15) is 4.79 Å². The molecule has 2 atom stereocenters. The van der Waals surface area contributed by atoms with E-state index in [1.807, 2.05) is 62.4 Å². The molecule has 2 aromatic carbocycles. The number of hydrogen-bond donors (Lipinski definition) is 1. The molecule has 0 saturated carbocycles. The third kappa shape index (κ3) is 5.73. The Balaban J connectivity index is 1.51. The molecule has 5 nitrogen and oxygen atoms in total. The van der Waals surface area contributed by atoms with Gasteiger partial charge in [0, 0.05) is 12.3 Å². The van der Waals surface area contributed by atoms with Gasteiger partial charge in [0.25, 0.3) is 5.91 Å². The van der Waals surface area contributed by atoms with E-state index < -0.39 is 6.10 Å². The number of amides is 1. The first-order valence-electron chi connectivity index (χ1n) is 9.52. The number of aryl methyl sites for hydroxylation is 1. The van der Waals surface area contributed by atoms with Crippen molar-refractivity contribution in [3.05, 3.63) is 54.1 Å². The first-order valence-corrected chi connectivity index (χ1v) is 9.52. The van der Waals surface area contributed by atoms with E-state index in [0.717, 1.165) is 36.4 Å². The predicted molar refractivity (Wildman–Crippen MR) is 105 cm³/mol. The molecule has 1 fully saturated rings. The molecule has 1 heterocycles. The Bertz CT molecular complexity index is 721. The first-order chi connectivity index (χ1) is 13.1. The van der Waals surface area contributed by atoms with E-state index in [1.165, 1.54) is 0 Å². The fourth-order valence-electron chi connectivity index (χ4n) is 2.93. The molecule has 5 heteroatoms. The molecule has 0 spiro atoms. The van der Waals surface area contributed by atoms with Crippen molar-refractivity contribution in [1.82, 2.24) is 0 Å². The number of ether oxygens (including phenoxy) is 3. The van der Waals surface area contributed by atoms with Crippen LogP contribution in [-0.2, 0) is 9.53 Å². The molecular formula is C22H27NO4. The maximum Gasteiger partial charge on any atom is 0.265 e. The largest absolute Gasteiger partial charge is 0.491 e. The van der Waals surface area contributed by atoms with Crippen LogP contribution in [0.1, 0.15) is 31.7 Å². The highest BCUT2D eigenvalue weighted by molar-refractivity contribution is 5.94. The molecule has 1 saturated heterocycles. The lowest BCUT2D eigenvalue weighted by molar-refractivity contribution is -0.122. The van der Waals surface area contributed by atoms with Crippen molar-refractivity contribution in [3.8, 4) is 11.5 Å². The van der Waals surface area contributed by atoms with Crippen LogP contribution < -0.4 is 14.8 Å². The maximum atomic E-state index is 12.5. The summed E-state index contributed by atoms with van der Waals surface area (Å²) in [5.41, 5.74) is 1.87. The normalized spacial score (nSPS) is 17.3. The number of carbonyl (C=O) groups excluding carboxylic acids is 1. The number of rotatable bonds is 8. The van der Waals surface area contributed by atoms with Gasteiger partial charge in [0.15, 0.2) is 6.10 Å². The SMILES string of the molecule is CC[C@H](Oc1ccc(C)cc1)C(=O)Nc1ccc(OC[C@@H]2CCCO2)cc1. The van der Waals surface area contributed by atoms with Gasteiger partial charge in [-0.15, -0.1) is 0 Å². The van der Waals surface area contributed by atoms with Gasteiger partial charge >= 0.3 is 0 Å². The van der Waals surface area contributed by atoms with Gasteiger partial charge in [0.1, 0.15) is 18.1 Å². The summed E-state index contributed by atoms with van der Waals surface area (Å²) in [4.78, 5) is 12.5. The van der Waals surface area contributed by atoms with Crippen molar-refractivity contribution in [2.75, 3.05) is 18.5 Å². The first kappa shape index (κ1) is 19.2. The molecule has 0 aromatic heterocycles. The lowest BCUT2D eigenvalue weighted by atomic mass is 10.2. The highest BCUT2D eigenvalue weighted by Gasteiger charge is 2.19. The molecule has 0 bridgehead atoms. The van der Waals surface area contributed by atoms with E-state index in [4.69, 9.17) is 14.2 Å². The third-order valence-electron chi connectivity index (χ3n) is 4.54. The van der Waals surface area contributed by atoms with Crippen molar-refractivity contribution in [2.24, 2.45) is 0 Å². The van der Waals surface area contributed by atoms with Crippen molar-refractivity contribution < 1.29 is 19.0 Å². The van der Waals surface area contributed by atoms with E-state index in [-0.39, 0.29) is 12.0 Å². The summed E-state index contributed by atoms with van der Waals surface area (Å²) in [7, 11) is 0. The van der Waals surface area contributed by atoms with Gasteiger partial charge in [0.05, 0.1) is 6.10 Å². The van der Waals surface area contributed by atoms with Gasteiger partial charge in [-0.2, -0.15) is 0 Å². The fraction of sp³-hybridized carbons (Fsp3) is 0.409. The summed E-state index contributed by atoms with van der Waals surface area (Å²) in [6, 6.07) is 15.1. The zero-order chi connectivity index (χ0) is 19.1. The van der Waals surface area contributed by atoms with Crippen molar-refractivity contribution in [3.63, 3.8) is 0 Å². The zero-order valence-electron chi connectivity index (χ0n) is 15.9. The molecule has 1 aliphatic rings. The average molecular weight is 369 g/mol. The van der Waals surface area contributed by atoms with E-state index >= 15 is 0 Å². The Morgan fingerprint density at radius 1 is 1.15 bits per heavy atom. The zero-order valence-corrected chi connectivity index (χ0v) is 15.9. The molecule has 3 rings (SSSR count). The van der Waals surface area contributed by atoms with Crippen molar-refractivity contribution in [1.29, 1.82) is 0 Å². The fourth-order valence-corrected chi connectivity index (χ4v) is 2.93. The lowest BCUT2D eigenvalue weighted by Crippen LogP contribution is -2.32. The quantitative estimate of drug-likeness (QED) is 0.752. The summed E-state index contributed by atoms with van der Waals surface area (Å²) in [6.07, 6.45) is 2.38. The summed E-state index contributed by atoms with van der Waals surface area (Å²) in [5.74, 6) is 1.30. The molecule has 1 amide bonds. The molecule has 2 aromatic rings. The topological polar surface area (TPSA) is 56.8 Å². The van der Waals surface area contributed by atoms with E-state index in [0.29, 0.717) is 18.8 Å². The minimum Gasteiger partial charge on any atom is -0.491 e. The van der Waals surface area contributed by atoms with E-state index in [2.05, 4.69) is 5.32 Å². The molecule has 144 valence electrons. The molecule has 0 radical (unpaired) electrons. The Kier molecular flexibility index (Phi) is 6.71. The number of benzene rings is 2. The second-order valence-electron chi connectivity index (χ2n) is 6.79. The Morgan fingerprint density at radius 2 is 1.85 bits per heavy atom. The highest BCUT2D eigenvalue weighted by atomic mass is 16.5.